The van der Waals surface area contributed by atoms with Crippen LogP contribution in [0.1, 0.15) is 26.7 Å². The van der Waals surface area contributed by atoms with Gasteiger partial charge < -0.3 is 15.0 Å². The lowest BCUT2D eigenvalue weighted by Crippen LogP contribution is -2.46. The van der Waals surface area contributed by atoms with E-state index in [1.165, 1.54) is 0 Å². The third-order valence-electron chi connectivity index (χ3n) is 3.35. The van der Waals surface area contributed by atoms with Crippen LogP contribution < -0.4 is 5.32 Å². The number of hydrogen-bond acceptors (Lipinski definition) is 3. The third-order valence-corrected chi connectivity index (χ3v) is 3.35. The minimum Gasteiger partial charge on any atom is -0.381 e. The molecule has 1 rings (SSSR count). The fourth-order valence-corrected chi connectivity index (χ4v) is 1.92. The predicted octanol–water partition coefficient (Wildman–Crippen LogP) is 0.869. The van der Waals surface area contributed by atoms with Crippen molar-refractivity contribution in [3.63, 3.8) is 0 Å². The SMILES string of the molecule is CC(NCC1(C)CCOCC1)C(=O)N(C)C. The highest BCUT2D eigenvalue weighted by Crippen LogP contribution is 2.28. The van der Waals surface area contributed by atoms with Crippen molar-refractivity contribution in [1.82, 2.24) is 10.2 Å². The van der Waals surface area contributed by atoms with E-state index >= 15 is 0 Å². The molecule has 1 aliphatic heterocycles. The Bertz CT molecular complexity index is 235. The molecule has 0 spiro atoms. The van der Waals surface area contributed by atoms with Gasteiger partial charge in [-0.3, -0.25) is 4.79 Å². The van der Waals surface area contributed by atoms with E-state index in [1.807, 2.05) is 6.92 Å². The van der Waals surface area contributed by atoms with E-state index < -0.39 is 0 Å². The predicted molar refractivity (Wildman–Crippen MR) is 64.3 cm³/mol. The zero-order valence-corrected chi connectivity index (χ0v) is 10.9. The first kappa shape index (κ1) is 13.5. The maximum atomic E-state index is 11.7. The first-order chi connectivity index (χ1) is 7.44. The molecule has 1 heterocycles. The van der Waals surface area contributed by atoms with Gasteiger partial charge in [0.25, 0.3) is 0 Å². The summed E-state index contributed by atoms with van der Waals surface area (Å²) in [6.07, 6.45) is 2.14. The Morgan fingerprint density at radius 2 is 2.00 bits per heavy atom. The monoisotopic (exact) mass is 228 g/mol. The van der Waals surface area contributed by atoms with Crippen LogP contribution in [0.5, 0.6) is 0 Å². The molecule has 1 atom stereocenters. The number of nitrogens with zero attached hydrogens (tertiary/aromatic N) is 1. The molecule has 1 unspecified atom stereocenters. The smallest absolute Gasteiger partial charge is 0.238 e. The van der Waals surface area contributed by atoms with Crippen LogP contribution in [0, 0.1) is 5.41 Å². The van der Waals surface area contributed by atoms with E-state index in [4.69, 9.17) is 4.74 Å². The van der Waals surface area contributed by atoms with Gasteiger partial charge >= 0.3 is 0 Å². The number of carbonyl (C=O) groups excluding carboxylic acids is 1. The Morgan fingerprint density at radius 3 is 2.50 bits per heavy atom. The highest BCUT2D eigenvalue weighted by Gasteiger charge is 2.28. The molecule has 1 amide bonds. The van der Waals surface area contributed by atoms with Crippen LogP contribution in [-0.2, 0) is 9.53 Å². The number of amides is 1. The van der Waals surface area contributed by atoms with Crippen LogP contribution in [0.15, 0.2) is 0 Å². The van der Waals surface area contributed by atoms with E-state index in [1.54, 1.807) is 19.0 Å². The van der Waals surface area contributed by atoms with Crippen LogP contribution in [0.2, 0.25) is 0 Å². The fraction of sp³-hybridized carbons (Fsp3) is 0.917. The summed E-state index contributed by atoms with van der Waals surface area (Å²) in [5.74, 6) is 0.135. The number of ether oxygens (including phenoxy) is 1. The molecule has 94 valence electrons. The Hall–Kier alpha value is -0.610. The van der Waals surface area contributed by atoms with Crippen molar-refractivity contribution >= 4 is 5.91 Å². The van der Waals surface area contributed by atoms with Gasteiger partial charge in [0.05, 0.1) is 6.04 Å². The zero-order chi connectivity index (χ0) is 12.2. The largest absolute Gasteiger partial charge is 0.381 e. The first-order valence-electron chi connectivity index (χ1n) is 5.97. The first-order valence-corrected chi connectivity index (χ1v) is 5.97. The Morgan fingerprint density at radius 1 is 1.44 bits per heavy atom. The van der Waals surface area contributed by atoms with Crippen molar-refractivity contribution in [2.75, 3.05) is 33.9 Å². The van der Waals surface area contributed by atoms with Crippen molar-refractivity contribution < 1.29 is 9.53 Å². The van der Waals surface area contributed by atoms with Crippen molar-refractivity contribution in [3.05, 3.63) is 0 Å². The maximum absolute atomic E-state index is 11.7. The number of carbonyl (C=O) groups is 1. The summed E-state index contributed by atoms with van der Waals surface area (Å²) in [6.45, 7) is 6.75. The number of hydrogen-bond donors (Lipinski definition) is 1. The summed E-state index contributed by atoms with van der Waals surface area (Å²) >= 11 is 0. The van der Waals surface area contributed by atoms with Crippen LogP contribution in [0.25, 0.3) is 0 Å². The molecule has 1 N–H and O–H groups in total. The highest BCUT2D eigenvalue weighted by molar-refractivity contribution is 5.80. The fourth-order valence-electron chi connectivity index (χ4n) is 1.92. The molecule has 0 aromatic carbocycles. The minimum absolute atomic E-state index is 0.102. The third kappa shape index (κ3) is 3.76. The molecule has 4 heteroatoms. The topological polar surface area (TPSA) is 41.6 Å². The summed E-state index contributed by atoms with van der Waals surface area (Å²) in [7, 11) is 3.58. The summed E-state index contributed by atoms with van der Waals surface area (Å²) in [4.78, 5) is 13.3. The van der Waals surface area contributed by atoms with Gasteiger partial charge in [0.15, 0.2) is 0 Å². The Labute approximate surface area is 98.3 Å². The van der Waals surface area contributed by atoms with E-state index in [2.05, 4.69) is 12.2 Å². The molecule has 1 fully saturated rings. The van der Waals surface area contributed by atoms with Crippen molar-refractivity contribution in [2.24, 2.45) is 5.41 Å². The van der Waals surface area contributed by atoms with E-state index in [-0.39, 0.29) is 17.4 Å². The highest BCUT2D eigenvalue weighted by atomic mass is 16.5. The average Bonchev–Trinajstić information content (AvgIpc) is 2.26. The van der Waals surface area contributed by atoms with E-state index in [9.17, 15) is 4.79 Å². The zero-order valence-electron chi connectivity index (χ0n) is 10.9. The second kappa shape index (κ2) is 5.64. The van der Waals surface area contributed by atoms with E-state index in [0.29, 0.717) is 0 Å². The molecule has 1 aliphatic rings. The Kier molecular flexibility index (Phi) is 4.74. The number of nitrogens with one attached hydrogen (secondary N) is 1. The van der Waals surface area contributed by atoms with E-state index in [0.717, 1.165) is 32.6 Å². The molecule has 1 saturated heterocycles. The normalized spacial score (nSPS) is 21.5. The molecule has 0 bridgehead atoms. The van der Waals surface area contributed by atoms with Gasteiger partial charge in [-0.05, 0) is 25.2 Å². The summed E-state index contributed by atoms with van der Waals surface area (Å²) in [6, 6.07) is -0.102. The molecular weight excluding hydrogens is 204 g/mol. The van der Waals surface area contributed by atoms with Crippen LogP contribution in [0.3, 0.4) is 0 Å². The quantitative estimate of drug-likeness (QED) is 0.776. The number of likely N-dealkylation sites (N-methyl/N-ethyl adjacent to an activating group) is 1. The summed E-state index contributed by atoms with van der Waals surface area (Å²) in [5, 5.41) is 3.33. The molecule has 0 aromatic heterocycles. The molecule has 0 aliphatic carbocycles. The number of rotatable bonds is 4. The molecule has 0 aromatic rings. The van der Waals surface area contributed by atoms with Crippen molar-refractivity contribution in [1.29, 1.82) is 0 Å². The van der Waals surface area contributed by atoms with Crippen LogP contribution in [0.4, 0.5) is 0 Å². The van der Waals surface area contributed by atoms with Crippen LogP contribution >= 0.6 is 0 Å². The summed E-state index contributed by atoms with van der Waals surface area (Å²) in [5.41, 5.74) is 0.277. The van der Waals surface area contributed by atoms with Gasteiger partial charge in [-0.1, -0.05) is 6.92 Å². The molecular formula is C12H24N2O2. The van der Waals surface area contributed by atoms with Crippen LogP contribution in [-0.4, -0.2) is 50.7 Å². The van der Waals surface area contributed by atoms with Gasteiger partial charge in [0.2, 0.25) is 5.91 Å². The molecule has 4 nitrogen and oxygen atoms in total. The van der Waals surface area contributed by atoms with Gasteiger partial charge in [-0.2, -0.15) is 0 Å². The second-order valence-corrected chi connectivity index (χ2v) is 5.26. The molecule has 16 heavy (non-hydrogen) atoms. The van der Waals surface area contributed by atoms with Gasteiger partial charge in [0.1, 0.15) is 0 Å². The Balaban J connectivity index is 2.35. The second-order valence-electron chi connectivity index (χ2n) is 5.26. The maximum Gasteiger partial charge on any atom is 0.238 e. The van der Waals surface area contributed by atoms with Gasteiger partial charge in [-0.15, -0.1) is 0 Å². The van der Waals surface area contributed by atoms with Crippen molar-refractivity contribution in [2.45, 2.75) is 32.7 Å². The van der Waals surface area contributed by atoms with Gasteiger partial charge in [-0.25, -0.2) is 0 Å². The molecule has 0 saturated carbocycles. The lowest BCUT2D eigenvalue weighted by atomic mass is 9.82. The minimum atomic E-state index is -0.102. The average molecular weight is 228 g/mol. The van der Waals surface area contributed by atoms with Crippen molar-refractivity contribution in [3.8, 4) is 0 Å². The lowest BCUT2D eigenvalue weighted by molar-refractivity contribution is -0.130. The summed E-state index contributed by atoms with van der Waals surface area (Å²) < 4.78 is 5.35. The lowest BCUT2D eigenvalue weighted by Gasteiger charge is -2.34. The molecule has 0 radical (unpaired) electrons. The standard InChI is InChI=1S/C12H24N2O2/c1-10(11(15)14(3)4)13-9-12(2)5-7-16-8-6-12/h10,13H,5-9H2,1-4H3. The van der Waals surface area contributed by atoms with Gasteiger partial charge in [0, 0.05) is 33.9 Å².